The van der Waals surface area contributed by atoms with Crippen LogP contribution in [0, 0.1) is 0 Å². The summed E-state index contributed by atoms with van der Waals surface area (Å²) in [5.41, 5.74) is 0. The van der Waals surface area contributed by atoms with Gasteiger partial charge in [0.2, 0.25) is 0 Å². The van der Waals surface area contributed by atoms with Gasteiger partial charge in [0.05, 0.1) is 6.61 Å². The molecule has 2 saturated heterocycles. The molecule has 9 heteroatoms. The number of nitrogens with zero attached hydrogens (tertiary/aromatic N) is 4. The Morgan fingerprint density at radius 3 is 1.96 bits per heavy atom. The summed E-state index contributed by atoms with van der Waals surface area (Å²) in [4.78, 5) is 15.9. The Hall–Kier alpha value is -0.740. The second-order valence-electron chi connectivity index (χ2n) is 6.07. The molecular weight excluding hydrogens is 320 g/mol. The summed E-state index contributed by atoms with van der Waals surface area (Å²) in [6.07, 6.45) is 0. The molecule has 2 aliphatic rings. The zero-order chi connectivity index (χ0) is 17.0. The molecule has 0 bridgehead atoms. The summed E-state index contributed by atoms with van der Waals surface area (Å²) in [5.74, 6) is -0.247. The van der Waals surface area contributed by atoms with Gasteiger partial charge < -0.3 is 9.64 Å². The summed E-state index contributed by atoms with van der Waals surface area (Å²) in [7, 11) is -1.39. The molecule has 1 atom stereocenters. The topological polar surface area (TPSA) is 73.4 Å². The summed E-state index contributed by atoms with van der Waals surface area (Å²) in [5, 5.41) is 0. The van der Waals surface area contributed by atoms with Crippen molar-refractivity contribution in [2.45, 2.75) is 19.9 Å². The molecule has 0 spiro atoms. The monoisotopic (exact) mass is 348 g/mol. The van der Waals surface area contributed by atoms with Crippen molar-refractivity contribution in [1.82, 2.24) is 18.4 Å². The lowest BCUT2D eigenvalue weighted by molar-refractivity contribution is -0.149. The maximum atomic E-state index is 12.7. The maximum absolute atomic E-state index is 12.7. The summed E-state index contributed by atoms with van der Waals surface area (Å²) in [6.45, 7) is 8.49. The maximum Gasteiger partial charge on any atom is 0.323 e. The molecule has 0 saturated carbocycles. The van der Waals surface area contributed by atoms with Gasteiger partial charge in [-0.2, -0.15) is 17.0 Å². The van der Waals surface area contributed by atoms with E-state index in [0.29, 0.717) is 45.9 Å². The van der Waals surface area contributed by atoms with E-state index >= 15 is 0 Å². The molecule has 0 unspecified atom stereocenters. The van der Waals surface area contributed by atoms with Crippen LogP contribution in [0.3, 0.4) is 0 Å². The fourth-order valence-electron chi connectivity index (χ4n) is 2.92. The van der Waals surface area contributed by atoms with Gasteiger partial charge in [0.15, 0.2) is 0 Å². The summed E-state index contributed by atoms with van der Waals surface area (Å²) in [6, 6.07) is -0.330. The second kappa shape index (κ2) is 7.89. The largest absolute Gasteiger partial charge is 0.465 e. The van der Waals surface area contributed by atoms with Gasteiger partial charge in [-0.3, -0.25) is 9.69 Å². The first-order valence-corrected chi connectivity index (χ1v) is 9.60. The van der Waals surface area contributed by atoms with E-state index in [9.17, 15) is 13.2 Å². The van der Waals surface area contributed by atoms with Crippen LogP contribution in [0.2, 0.25) is 0 Å². The van der Waals surface area contributed by atoms with Crippen molar-refractivity contribution < 1.29 is 17.9 Å². The first-order chi connectivity index (χ1) is 10.9. The van der Waals surface area contributed by atoms with Crippen molar-refractivity contribution in [1.29, 1.82) is 0 Å². The molecule has 2 aliphatic heterocycles. The predicted molar refractivity (Wildman–Crippen MR) is 87.2 cm³/mol. The summed E-state index contributed by atoms with van der Waals surface area (Å²) >= 11 is 0. The van der Waals surface area contributed by atoms with Crippen molar-refractivity contribution in [2.24, 2.45) is 0 Å². The number of piperazine rings is 2. The van der Waals surface area contributed by atoms with E-state index in [0.717, 1.165) is 13.1 Å². The molecule has 134 valence electrons. The smallest absolute Gasteiger partial charge is 0.323 e. The lowest BCUT2D eigenvalue weighted by atomic mass is 10.2. The highest BCUT2D eigenvalue weighted by Crippen LogP contribution is 2.16. The highest BCUT2D eigenvalue weighted by molar-refractivity contribution is 7.86. The van der Waals surface area contributed by atoms with E-state index in [1.807, 2.05) is 18.9 Å². The van der Waals surface area contributed by atoms with Gasteiger partial charge in [0.25, 0.3) is 10.2 Å². The number of carbonyl (C=O) groups excluding carboxylic acids is 1. The van der Waals surface area contributed by atoms with E-state index in [2.05, 4.69) is 4.90 Å². The van der Waals surface area contributed by atoms with Crippen LogP contribution in [0.4, 0.5) is 0 Å². The minimum atomic E-state index is -3.39. The zero-order valence-electron chi connectivity index (χ0n) is 14.3. The molecule has 0 amide bonds. The Bertz CT molecular complexity index is 497. The SMILES string of the molecule is CCOC(=O)[C@H](C)N1CCN(S(=O)(=O)N2CCN(C)CC2)CC1. The van der Waals surface area contributed by atoms with Crippen LogP contribution in [0.25, 0.3) is 0 Å². The number of rotatable bonds is 5. The number of ether oxygens (including phenoxy) is 1. The van der Waals surface area contributed by atoms with Crippen molar-refractivity contribution in [3.8, 4) is 0 Å². The Balaban J connectivity index is 1.89. The zero-order valence-corrected chi connectivity index (χ0v) is 15.1. The molecule has 0 N–H and O–H groups in total. The van der Waals surface area contributed by atoms with Gasteiger partial charge in [-0.05, 0) is 20.9 Å². The number of esters is 1. The van der Waals surface area contributed by atoms with Gasteiger partial charge in [-0.25, -0.2) is 0 Å². The van der Waals surface area contributed by atoms with Gasteiger partial charge in [-0.1, -0.05) is 0 Å². The first-order valence-electron chi connectivity index (χ1n) is 8.20. The molecule has 8 nitrogen and oxygen atoms in total. The minimum Gasteiger partial charge on any atom is -0.465 e. The van der Waals surface area contributed by atoms with E-state index in [-0.39, 0.29) is 12.0 Å². The Kier molecular flexibility index (Phi) is 6.38. The highest BCUT2D eigenvalue weighted by Gasteiger charge is 2.35. The lowest BCUT2D eigenvalue weighted by Gasteiger charge is -2.40. The molecule has 2 heterocycles. The summed E-state index contributed by atoms with van der Waals surface area (Å²) < 4.78 is 33.5. The quantitative estimate of drug-likeness (QED) is 0.597. The Morgan fingerprint density at radius 2 is 1.48 bits per heavy atom. The van der Waals surface area contributed by atoms with E-state index < -0.39 is 10.2 Å². The number of carbonyl (C=O) groups is 1. The second-order valence-corrected chi connectivity index (χ2v) is 8.00. The highest BCUT2D eigenvalue weighted by atomic mass is 32.2. The third kappa shape index (κ3) is 4.42. The molecule has 2 rings (SSSR count). The molecule has 2 fully saturated rings. The lowest BCUT2D eigenvalue weighted by Crippen LogP contribution is -2.58. The van der Waals surface area contributed by atoms with Gasteiger partial charge in [0, 0.05) is 52.4 Å². The van der Waals surface area contributed by atoms with Crippen LogP contribution in [-0.4, -0.2) is 105 Å². The van der Waals surface area contributed by atoms with Crippen molar-refractivity contribution >= 4 is 16.2 Å². The van der Waals surface area contributed by atoms with Crippen LogP contribution in [0.15, 0.2) is 0 Å². The minimum absolute atomic E-state index is 0.247. The standard InChI is InChI=1S/C14H28N4O4S/c1-4-22-14(19)13(2)16-7-11-18(12-8-16)23(20,21)17-9-5-15(3)6-10-17/h13H,4-12H2,1-3H3/t13-/m0/s1. The normalized spacial score (nSPS) is 24.5. The van der Waals surface area contributed by atoms with Crippen molar-refractivity contribution in [3.05, 3.63) is 0 Å². The van der Waals surface area contributed by atoms with Crippen LogP contribution in [0.5, 0.6) is 0 Å². The molecule has 0 radical (unpaired) electrons. The molecule has 0 aromatic heterocycles. The van der Waals surface area contributed by atoms with E-state index in [1.54, 1.807) is 11.2 Å². The van der Waals surface area contributed by atoms with Crippen LogP contribution < -0.4 is 0 Å². The van der Waals surface area contributed by atoms with Crippen LogP contribution >= 0.6 is 0 Å². The van der Waals surface area contributed by atoms with Crippen LogP contribution in [0.1, 0.15) is 13.8 Å². The number of hydrogen-bond acceptors (Lipinski definition) is 6. The van der Waals surface area contributed by atoms with Crippen LogP contribution in [-0.2, 0) is 19.7 Å². The van der Waals surface area contributed by atoms with Gasteiger partial charge in [0.1, 0.15) is 6.04 Å². The van der Waals surface area contributed by atoms with Gasteiger partial charge >= 0.3 is 5.97 Å². The molecule has 0 aromatic carbocycles. The molecular formula is C14H28N4O4S. The fraction of sp³-hybridized carbons (Fsp3) is 0.929. The Morgan fingerprint density at radius 1 is 1.00 bits per heavy atom. The van der Waals surface area contributed by atoms with E-state index in [4.69, 9.17) is 4.74 Å². The molecule has 23 heavy (non-hydrogen) atoms. The van der Waals surface area contributed by atoms with E-state index in [1.165, 1.54) is 4.31 Å². The average Bonchev–Trinajstić information content (AvgIpc) is 2.55. The number of hydrogen-bond donors (Lipinski definition) is 0. The van der Waals surface area contributed by atoms with Gasteiger partial charge in [-0.15, -0.1) is 0 Å². The number of likely N-dealkylation sites (N-methyl/N-ethyl adjacent to an activating group) is 1. The predicted octanol–water partition coefficient (Wildman–Crippen LogP) is -0.952. The Labute approximate surface area is 139 Å². The third-order valence-corrected chi connectivity index (χ3v) is 6.60. The van der Waals surface area contributed by atoms with Crippen molar-refractivity contribution in [2.75, 3.05) is 66.0 Å². The molecule has 0 aliphatic carbocycles. The van der Waals surface area contributed by atoms with Crippen molar-refractivity contribution in [3.63, 3.8) is 0 Å². The third-order valence-electron chi connectivity index (χ3n) is 4.56. The average molecular weight is 348 g/mol. The first kappa shape index (κ1) is 18.6. The fourth-order valence-corrected chi connectivity index (χ4v) is 4.49. The molecule has 0 aromatic rings.